The molecule has 1 aromatic carbocycles. The van der Waals surface area contributed by atoms with Crippen molar-refractivity contribution in [2.45, 2.75) is 18.9 Å². The summed E-state index contributed by atoms with van der Waals surface area (Å²) in [6.45, 7) is 0.523. The van der Waals surface area contributed by atoms with E-state index in [0.717, 1.165) is 6.42 Å². The van der Waals surface area contributed by atoms with E-state index in [0.29, 0.717) is 18.2 Å². The molecule has 4 nitrogen and oxygen atoms in total. The SMILES string of the molecule is N#CCC(O)c1cccc(OCCc2ccccc2)n1. The van der Waals surface area contributed by atoms with E-state index in [1.807, 2.05) is 36.4 Å². The summed E-state index contributed by atoms with van der Waals surface area (Å²) in [5.74, 6) is 0.468. The maximum absolute atomic E-state index is 9.71. The van der Waals surface area contributed by atoms with Crippen LogP contribution in [0.5, 0.6) is 5.88 Å². The van der Waals surface area contributed by atoms with Crippen LogP contribution in [0.15, 0.2) is 48.5 Å². The van der Waals surface area contributed by atoms with Gasteiger partial charge in [0.1, 0.15) is 6.10 Å². The van der Waals surface area contributed by atoms with Crippen molar-refractivity contribution in [1.29, 1.82) is 5.26 Å². The Hall–Kier alpha value is -2.38. The van der Waals surface area contributed by atoms with Gasteiger partial charge in [-0.05, 0) is 11.6 Å². The van der Waals surface area contributed by atoms with Gasteiger partial charge in [-0.15, -0.1) is 0 Å². The molecule has 0 amide bonds. The number of aromatic nitrogens is 1. The number of pyridine rings is 1. The molecule has 0 aliphatic heterocycles. The third-order valence-electron chi connectivity index (χ3n) is 2.85. The van der Waals surface area contributed by atoms with Gasteiger partial charge in [0.05, 0.1) is 24.8 Å². The van der Waals surface area contributed by atoms with Gasteiger partial charge in [-0.1, -0.05) is 36.4 Å². The normalized spacial score (nSPS) is 11.6. The molecule has 0 radical (unpaired) electrons. The summed E-state index contributed by atoms with van der Waals surface area (Å²) in [4.78, 5) is 4.20. The van der Waals surface area contributed by atoms with Crippen LogP contribution in [0, 0.1) is 11.3 Å². The fourth-order valence-electron chi connectivity index (χ4n) is 1.81. The van der Waals surface area contributed by atoms with Gasteiger partial charge in [-0.2, -0.15) is 5.26 Å². The average Bonchev–Trinajstić information content (AvgIpc) is 2.49. The smallest absolute Gasteiger partial charge is 0.213 e. The Morgan fingerprint density at radius 1 is 1.15 bits per heavy atom. The summed E-state index contributed by atoms with van der Waals surface area (Å²) >= 11 is 0. The lowest BCUT2D eigenvalue weighted by molar-refractivity contribution is 0.176. The average molecular weight is 268 g/mol. The minimum Gasteiger partial charge on any atom is -0.477 e. The highest BCUT2D eigenvalue weighted by molar-refractivity contribution is 5.19. The first-order chi connectivity index (χ1) is 9.79. The van der Waals surface area contributed by atoms with Gasteiger partial charge < -0.3 is 9.84 Å². The van der Waals surface area contributed by atoms with E-state index in [1.54, 1.807) is 18.2 Å². The van der Waals surface area contributed by atoms with Crippen molar-refractivity contribution < 1.29 is 9.84 Å². The molecule has 0 bridgehead atoms. The van der Waals surface area contributed by atoms with E-state index in [2.05, 4.69) is 4.98 Å². The second-order valence-electron chi connectivity index (χ2n) is 4.36. The molecule has 102 valence electrons. The number of benzene rings is 1. The van der Waals surface area contributed by atoms with Gasteiger partial charge in [-0.25, -0.2) is 4.98 Å². The fourth-order valence-corrected chi connectivity index (χ4v) is 1.81. The van der Waals surface area contributed by atoms with E-state index in [9.17, 15) is 5.11 Å². The molecule has 0 fully saturated rings. The Kier molecular flexibility index (Phi) is 5.10. The topological polar surface area (TPSA) is 66.1 Å². The molecule has 0 saturated heterocycles. The molecule has 1 aromatic heterocycles. The van der Waals surface area contributed by atoms with Gasteiger partial charge in [-0.3, -0.25) is 0 Å². The van der Waals surface area contributed by atoms with Crippen molar-refractivity contribution in [3.05, 3.63) is 59.8 Å². The maximum Gasteiger partial charge on any atom is 0.213 e. The van der Waals surface area contributed by atoms with Crippen LogP contribution >= 0.6 is 0 Å². The zero-order chi connectivity index (χ0) is 14.2. The zero-order valence-electron chi connectivity index (χ0n) is 11.1. The molecule has 0 spiro atoms. The first-order valence-corrected chi connectivity index (χ1v) is 6.48. The maximum atomic E-state index is 9.71. The lowest BCUT2D eigenvalue weighted by Gasteiger charge is -2.09. The van der Waals surface area contributed by atoms with E-state index in [4.69, 9.17) is 10.00 Å². The van der Waals surface area contributed by atoms with Crippen molar-refractivity contribution in [2.24, 2.45) is 0 Å². The lowest BCUT2D eigenvalue weighted by atomic mass is 10.2. The van der Waals surface area contributed by atoms with Gasteiger partial charge in [0.25, 0.3) is 0 Å². The van der Waals surface area contributed by atoms with Crippen molar-refractivity contribution in [2.75, 3.05) is 6.61 Å². The van der Waals surface area contributed by atoms with Crippen LogP contribution in [0.4, 0.5) is 0 Å². The number of ether oxygens (including phenoxy) is 1. The molecule has 1 unspecified atom stereocenters. The summed E-state index contributed by atoms with van der Waals surface area (Å²) < 4.78 is 5.57. The van der Waals surface area contributed by atoms with E-state index >= 15 is 0 Å². The third kappa shape index (κ3) is 4.08. The lowest BCUT2D eigenvalue weighted by Crippen LogP contribution is -2.05. The quantitative estimate of drug-likeness (QED) is 0.874. The Morgan fingerprint density at radius 3 is 2.70 bits per heavy atom. The number of nitrogens with zero attached hydrogens (tertiary/aromatic N) is 2. The molecule has 2 rings (SSSR count). The first-order valence-electron chi connectivity index (χ1n) is 6.48. The predicted octanol–water partition coefficient (Wildman–Crippen LogP) is 2.65. The molecule has 2 aromatic rings. The Balaban J connectivity index is 1.90. The van der Waals surface area contributed by atoms with Crippen LogP contribution in [-0.2, 0) is 6.42 Å². The number of rotatable bonds is 6. The van der Waals surface area contributed by atoms with E-state index in [-0.39, 0.29) is 6.42 Å². The highest BCUT2D eigenvalue weighted by Gasteiger charge is 2.09. The molecule has 1 N–H and O–H groups in total. The third-order valence-corrected chi connectivity index (χ3v) is 2.85. The molecule has 0 aliphatic rings. The van der Waals surface area contributed by atoms with E-state index < -0.39 is 6.10 Å². The Bertz CT molecular complexity index is 579. The van der Waals surface area contributed by atoms with Gasteiger partial charge in [0.15, 0.2) is 0 Å². The summed E-state index contributed by atoms with van der Waals surface area (Å²) in [5, 5.41) is 18.3. The van der Waals surface area contributed by atoms with Crippen LogP contribution in [0.1, 0.15) is 23.8 Å². The highest BCUT2D eigenvalue weighted by atomic mass is 16.5. The molecule has 0 saturated carbocycles. The van der Waals surface area contributed by atoms with Gasteiger partial charge in [0, 0.05) is 12.5 Å². The molecule has 1 heterocycles. The second kappa shape index (κ2) is 7.27. The van der Waals surface area contributed by atoms with E-state index in [1.165, 1.54) is 5.56 Å². The van der Waals surface area contributed by atoms with Crippen LogP contribution in [-0.4, -0.2) is 16.7 Å². The number of aliphatic hydroxyl groups excluding tert-OH is 1. The Morgan fingerprint density at radius 2 is 1.95 bits per heavy atom. The van der Waals surface area contributed by atoms with Crippen molar-refractivity contribution in [3.8, 4) is 11.9 Å². The van der Waals surface area contributed by atoms with Gasteiger partial charge >= 0.3 is 0 Å². The molecule has 1 atom stereocenters. The number of hydrogen-bond acceptors (Lipinski definition) is 4. The predicted molar refractivity (Wildman–Crippen MR) is 75.1 cm³/mol. The van der Waals surface area contributed by atoms with Crippen molar-refractivity contribution in [3.63, 3.8) is 0 Å². The summed E-state index contributed by atoms with van der Waals surface area (Å²) in [5.41, 5.74) is 1.66. The van der Waals surface area contributed by atoms with Crippen molar-refractivity contribution >= 4 is 0 Å². The van der Waals surface area contributed by atoms with Gasteiger partial charge in [0.2, 0.25) is 5.88 Å². The van der Waals surface area contributed by atoms with Crippen LogP contribution in [0.2, 0.25) is 0 Å². The number of nitriles is 1. The minimum atomic E-state index is -0.863. The monoisotopic (exact) mass is 268 g/mol. The second-order valence-corrected chi connectivity index (χ2v) is 4.36. The highest BCUT2D eigenvalue weighted by Crippen LogP contribution is 2.17. The van der Waals surface area contributed by atoms with Crippen LogP contribution in [0.3, 0.4) is 0 Å². The van der Waals surface area contributed by atoms with Crippen molar-refractivity contribution in [1.82, 2.24) is 4.98 Å². The summed E-state index contributed by atoms with van der Waals surface area (Å²) in [6.07, 6.45) is -0.0359. The molecule has 4 heteroatoms. The van der Waals surface area contributed by atoms with Crippen LogP contribution < -0.4 is 4.74 Å². The molecule has 20 heavy (non-hydrogen) atoms. The summed E-state index contributed by atoms with van der Waals surface area (Å²) in [7, 11) is 0. The van der Waals surface area contributed by atoms with Crippen LogP contribution in [0.25, 0.3) is 0 Å². The minimum absolute atomic E-state index is 0.0282. The number of hydrogen-bond donors (Lipinski definition) is 1. The molecule has 0 aliphatic carbocycles. The number of aliphatic hydroxyl groups is 1. The molecular weight excluding hydrogens is 252 g/mol. The largest absolute Gasteiger partial charge is 0.477 e. The molecular formula is C16H16N2O2. The summed E-state index contributed by atoms with van der Waals surface area (Å²) in [6, 6.07) is 17.2. The zero-order valence-corrected chi connectivity index (χ0v) is 11.1. The fraction of sp³-hybridized carbons (Fsp3) is 0.250. The first kappa shape index (κ1) is 14.0. The Labute approximate surface area is 118 Å². The standard InChI is InChI=1S/C16H16N2O2/c17-11-9-15(19)14-7-4-8-16(18-14)20-12-10-13-5-2-1-3-6-13/h1-8,15,19H,9-10,12H2.